The average Bonchev–Trinajstić information content (AvgIpc) is 2.33. The molecule has 2 rings (SSSR count). The number of ether oxygens (including phenoxy) is 1. The fourth-order valence-corrected chi connectivity index (χ4v) is 2.85. The van der Waals surface area contributed by atoms with E-state index in [9.17, 15) is 0 Å². The van der Waals surface area contributed by atoms with E-state index in [-0.39, 0.29) is 0 Å². The molecule has 1 saturated carbocycles. The first-order valence-corrected chi connectivity index (χ1v) is 7.48. The van der Waals surface area contributed by atoms with Crippen molar-refractivity contribution in [2.24, 2.45) is 5.92 Å². The SMILES string of the molecule is CC(C)Cc1ccc(OC2CCCCC2)c(Cl)c1. The fraction of sp³-hybridized carbons (Fsp3) is 0.625. The Bertz CT molecular complexity index is 381. The maximum Gasteiger partial charge on any atom is 0.138 e. The lowest BCUT2D eigenvalue weighted by Gasteiger charge is -2.23. The van der Waals surface area contributed by atoms with E-state index in [2.05, 4.69) is 26.0 Å². The van der Waals surface area contributed by atoms with Crippen LogP contribution in [0, 0.1) is 5.92 Å². The Morgan fingerprint density at radius 1 is 1.22 bits per heavy atom. The van der Waals surface area contributed by atoms with Gasteiger partial charge in [0.15, 0.2) is 0 Å². The standard InChI is InChI=1S/C16H23ClO/c1-12(2)10-13-8-9-16(15(17)11-13)18-14-6-4-3-5-7-14/h8-9,11-12,14H,3-7,10H2,1-2H3. The van der Waals surface area contributed by atoms with Crippen LogP contribution >= 0.6 is 11.6 Å². The van der Waals surface area contributed by atoms with E-state index in [0.29, 0.717) is 12.0 Å². The third-order valence-corrected chi connectivity index (χ3v) is 3.78. The summed E-state index contributed by atoms with van der Waals surface area (Å²) in [5.41, 5.74) is 1.30. The predicted molar refractivity (Wildman–Crippen MR) is 77.5 cm³/mol. The molecule has 0 aromatic heterocycles. The molecule has 0 unspecified atom stereocenters. The minimum absolute atomic E-state index is 0.368. The Morgan fingerprint density at radius 2 is 1.94 bits per heavy atom. The van der Waals surface area contributed by atoms with Crippen molar-refractivity contribution in [1.29, 1.82) is 0 Å². The molecule has 2 heteroatoms. The van der Waals surface area contributed by atoms with Crippen molar-refractivity contribution in [3.8, 4) is 5.75 Å². The summed E-state index contributed by atoms with van der Waals surface area (Å²) >= 11 is 6.31. The summed E-state index contributed by atoms with van der Waals surface area (Å²) in [6.45, 7) is 4.45. The van der Waals surface area contributed by atoms with Crippen LogP contribution in [-0.4, -0.2) is 6.10 Å². The van der Waals surface area contributed by atoms with E-state index < -0.39 is 0 Å². The van der Waals surface area contributed by atoms with Crippen LogP contribution in [0.1, 0.15) is 51.5 Å². The lowest BCUT2D eigenvalue weighted by Crippen LogP contribution is -2.19. The van der Waals surface area contributed by atoms with E-state index in [0.717, 1.165) is 17.2 Å². The Kier molecular flexibility index (Phi) is 4.94. The molecule has 1 aromatic carbocycles. The molecule has 1 fully saturated rings. The highest BCUT2D eigenvalue weighted by Gasteiger charge is 2.16. The molecule has 100 valence electrons. The Morgan fingerprint density at radius 3 is 2.56 bits per heavy atom. The van der Waals surface area contributed by atoms with Crippen LogP contribution in [-0.2, 0) is 6.42 Å². The van der Waals surface area contributed by atoms with Crippen molar-refractivity contribution in [1.82, 2.24) is 0 Å². The van der Waals surface area contributed by atoms with Crippen molar-refractivity contribution >= 4 is 11.6 Å². The highest BCUT2D eigenvalue weighted by Crippen LogP contribution is 2.30. The third kappa shape index (κ3) is 3.91. The zero-order valence-electron chi connectivity index (χ0n) is 11.4. The van der Waals surface area contributed by atoms with E-state index in [1.54, 1.807) is 0 Å². The number of hydrogen-bond donors (Lipinski definition) is 0. The number of halogens is 1. The van der Waals surface area contributed by atoms with Crippen LogP contribution in [0.3, 0.4) is 0 Å². The topological polar surface area (TPSA) is 9.23 Å². The molecule has 1 aliphatic carbocycles. The maximum atomic E-state index is 6.31. The molecule has 0 aliphatic heterocycles. The first-order chi connectivity index (χ1) is 8.65. The van der Waals surface area contributed by atoms with Gasteiger partial charge in [0.25, 0.3) is 0 Å². The highest BCUT2D eigenvalue weighted by atomic mass is 35.5. The molecule has 1 aromatic rings. The maximum absolute atomic E-state index is 6.31. The van der Waals surface area contributed by atoms with Crippen molar-refractivity contribution in [3.63, 3.8) is 0 Å². The van der Waals surface area contributed by atoms with Crippen molar-refractivity contribution in [2.45, 2.75) is 58.5 Å². The molecular formula is C16H23ClO. The minimum Gasteiger partial charge on any atom is -0.489 e. The van der Waals surface area contributed by atoms with Crippen molar-refractivity contribution < 1.29 is 4.74 Å². The molecule has 1 aliphatic rings. The van der Waals surface area contributed by atoms with Gasteiger partial charge >= 0.3 is 0 Å². The molecule has 0 atom stereocenters. The highest BCUT2D eigenvalue weighted by molar-refractivity contribution is 6.32. The number of benzene rings is 1. The quantitative estimate of drug-likeness (QED) is 0.723. The summed E-state index contributed by atoms with van der Waals surface area (Å²) < 4.78 is 6.01. The van der Waals surface area contributed by atoms with E-state index >= 15 is 0 Å². The fourth-order valence-electron chi connectivity index (χ4n) is 2.60. The van der Waals surface area contributed by atoms with Gasteiger partial charge in [-0.1, -0.05) is 37.9 Å². The Labute approximate surface area is 115 Å². The average molecular weight is 267 g/mol. The van der Waals surface area contributed by atoms with Crippen LogP contribution in [0.2, 0.25) is 5.02 Å². The van der Waals surface area contributed by atoms with Gasteiger partial charge in [-0.05, 0) is 55.7 Å². The zero-order chi connectivity index (χ0) is 13.0. The molecule has 0 bridgehead atoms. The van der Waals surface area contributed by atoms with Gasteiger partial charge in [0.2, 0.25) is 0 Å². The van der Waals surface area contributed by atoms with E-state index in [1.807, 2.05) is 6.07 Å². The number of hydrogen-bond acceptors (Lipinski definition) is 1. The van der Waals surface area contributed by atoms with Gasteiger partial charge in [-0.25, -0.2) is 0 Å². The van der Waals surface area contributed by atoms with Crippen LogP contribution in [0.5, 0.6) is 5.75 Å². The molecule has 0 heterocycles. The summed E-state index contributed by atoms with van der Waals surface area (Å²) in [5.74, 6) is 1.52. The van der Waals surface area contributed by atoms with Crippen LogP contribution in [0.4, 0.5) is 0 Å². The molecule has 0 saturated heterocycles. The second-order valence-corrected chi connectivity index (χ2v) is 6.15. The van der Waals surface area contributed by atoms with E-state index in [4.69, 9.17) is 16.3 Å². The Balaban J connectivity index is 2.00. The van der Waals surface area contributed by atoms with Crippen LogP contribution in [0.25, 0.3) is 0 Å². The summed E-state index contributed by atoms with van der Waals surface area (Å²) in [4.78, 5) is 0. The van der Waals surface area contributed by atoms with Gasteiger partial charge in [-0.3, -0.25) is 0 Å². The molecule has 1 nitrogen and oxygen atoms in total. The second kappa shape index (κ2) is 6.47. The lowest BCUT2D eigenvalue weighted by molar-refractivity contribution is 0.155. The lowest BCUT2D eigenvalue weighted by atomic mass is 9.98. The van der Waals surface area contributed by atoms with Gasteiger partial charge in [0, 0.05) is 0 Å². The van der Waals surface area contributed by atoms with Gasteiger partial charge in [0.05, 0.1) is 11.1 Å². The molecule has 18 heavy (non-hydrogen) atoms. The van der Waals surface area contributed by atoms with Crippen LogP contribution in [0.15, 0.2) is 18.2 Å². The first-order valence-electron chi connectivity index (χ1n) is 7.10. The normalized spacial score (nSPS) is 17.1. The second-order valence-electron chi connectivity index (χ2n) is 5.74. The summed E-state index contributed by atoms with van der Waals surface area (Å²) in [6.07, 6.45) is 7.70. The summed E-state index contributed by atoms with van der Waals surface area (Å²) in [7, 11) is 0. The van der Waals surface area contributed by atoms with Crippen molar-refractivity contribution in [3.05, 3.63) is 28.8 Å². The van der Waals surface area contributed by atoms with Gasteiger partial charge in [0.1, 0.15) is 5.75 Å². The monoisotopic (exact) mass is 266 g/mol. The minimum atomic E-state index is 0.368. The summed E-state index contributed by atoms with van der Waals surface area (Å²) in [5, 5.41) is 0.763. The van der Waals surface area contributed by atoms with Gasteiger partial charge < -0.3 is 4.74 Å². The largest absolute Gasteiger partial charge is 0.489 e. The third-order valence-electron chi connectivity index (χ3n) is 3.49. The van der Waals surface area contributed by atoms with Crippen molar-refractivity contribution in [2.75, 3.05) is 0 Å². The smallest absolute Gasteiger partial charge is 0.138 e. The Hall–Kier alpha value is -0.690. The van der Waals surface area contributed by atoms with E-state index in [1.165, 1.54) is 37.7 Å². The number of rotatable bonds is 4. The molecule has 0 spiro atoms. The molecular weight excluding hydrogens is 244 g/mol. The van der Waals surface area contributed by atoms with Crippen LogP contribution < -0.4 is 4.74 Å². The predicted octanol–water partition coefficient (Wildman–Crippen LogP) is 5.25. The molecule has 0 radical (unpaired) electrons. The first kappa shape index (κ1) is 13.7. The molecule has 0 N–H and O–H groups in total. The molecule has 0 amide bonds. The van der Waals surface area contributed by atoms with Gasteiger partial charge in [-0.15, -0.1) is 0 Å². The van der Waals surface area contributed by atoms with Gasteiger partial charge in [-0.2, -0.15) is 0 Å². The zero-order valence-corrected chi connectivity index (χ0v) is 12.2. The summed E-state index contributed by atoms with van der Waals surface area (Å²) in [6, 6.07) is 6.23.